The minimum atomic E-state index is -0.0565. The Bertz CT molecular complexity index is 645. The Kier molecular flexibility index (Phi) is 7.18. The Hall–Kier alpha value is -1.26. The van der Waals surface area contributed by atoms with E-state index in [1.165, 1.54) is 11.1 Å². The molecule has 0 radical (unpaired) electrons. The molecule has 122 valence electrons. The SMILES string of the molecule is Cc1ccc(NC(=O)C(C)SCCCc2ccccc2)c(Br)c1. The van der Waals surface area contributed by atoms with Crippen LogP contribution in [0.5, 0.6) is 0 Å². The van der Waals surface area contributed by atoms with Crippen LogP contribution >= 0.6 is 27.7 Å². The summed E-state index contributed by atoms with van der Waals surface area (Å²) in [5.74, 6) is 1.04. The lowest BCUT2D eigenvalue weighted by molar-refractivity contribution is -0.115. The Morgan fingerprint density at radius 2 is 1.96 bits per heavy atom. The van der Waals surface area contributed by atoms with Crippen LogP contribution in [0, 0.1) is 6.92 Å². The monoisotopic (exact) mass is 391 g/mol. The summed E-state index contributed by atoms with van der Waals surface area (Å²) in [6.45, 7) is 3.99. The van der Waals surface area contributed by atoms with Crippen LogP contribution < -0.4 is 5.32 Å². The lowest BCUT2D eigenvalue weighted by Crippen LogP contribution is -2.23. The van der Waals surface area contributed by atoms with E-state index in [2.05, 4.69) is 45.5 Å². The molecule has 1 amide bonds. The Morgan fingerprint density at radius 3 is 2.65 bits per heavy atom. The van der Waals surface area contributed by atoms with E-state index in [4.69, 9.17) is 0 Å². The predicted octanol–water partition coefficient (Wildman–Crippen LogP) is 5.45. The molecule has 1 N–H and O–H groups in total. The van der Waals surface area contributed by atoms with Crippen LogP contribution in [0.1, 0.15) is 24.5 Å². The van der Waals surface area contributed by atoms with Gasteiger partial charge in [0, 0.05) is 4.47 Å². The molecule has 2 aromatic carbocycles. The highest BCUT2D eigenvalue weighted by Crippen LogP contribution is 2.24. The molecule has 0 aromatic heterocycles. The van der Waals surface area contributed by atoms with Gasteiger partial charge >= 0.3 is 0 Å². The molecule has 0 aliphatic carbocycles. The van der Waals surface area contributed by atoms with E-state index in [0.29, 0.717) is 0 Å². The summed E-state index contributed by atoms with van der Waals surface area (Å²) in [4.78, 5) is 12.3. The van der Waals surface area contributed by atoms with E-state index in [-0.39, 0.29) is 11.2 Å². The second kappa shape index (κ2) is 9.14. The first-order chi connectivity index (χ1) is 11.1. The molecule has 2 aromatic rings. The highest BCUT2D eigenvalue weighted by molar-refractivity contribution is 9.10. The number of carbonyl (C=O) groups is 1. The van der Waals surface area contributed by atoms with Crippen LogP contribution in [0.4, 0.5) is 5.69 Å². The normalized spacial score (nSPS) is 12.0. The first kappa shape index (κ1) is 18.1. The number of carbonyl (C=O) groups excluding carboxylic acids is 1. The number of anilines is 1. The molecule has 0 aliphatic heterocycles. The highest BCUT2D eigenvalue weighted by Gasteiger charge is 2.14. The molecule has 0 heterocycles. The molecule has 0 fully saturated rings. The van der Waals surface area contributed by atoms with E-state index >= 15 is 0 Å². The van der Waals surface area contributed by atoms with Gasteiger partial charge in [-0.25, -0.2) is 0 Å². The van der Waals surface area contributed by atoms with Crippen LogP contribution in [0.3, 0.4) is 0 Å². The van der Waals surface area contributed by atoms with Crippen molar-refractivity contribution in [3.8, 4) is 0 Å². The zero-order chi connectivity index (χ0) is 16.7. The number of thioether (sulfide) groups is 1. The number of benzene rings is 2. The molecule has 2 nitrogen and oxygen atoms in total. The molecule has 0 saturated carbocycles. The van der Waals surface area contributed by atoms with Crippen molar-refractivity contribution in [1.29, 1.82) is 0 Å². The molecular formula is C19H22BrNOS. The van der Waals surface area contributed by atoms with Crippen LogP contribution in [0.25, 0.3) is 0 Å². The van der Waals surface area contributed by atoms with E-state index in [0.717, 1.165) is 28.8 Å². The molecule has 0 aliphatic rings. The summed E-state index contributed by atoms with van der Waals surface area (Å²) in [5, 5.41) is 2.93. The van der Waals surface area contributed by atoms with Gasteiger partial charge in [0.25, 0.3) is 0 Å². The van der Waals surface area contributed by atoms with Crippen LogP contribution in [-0.2, 0) is 11.2 Å². The molecule has 2 rings (SSSR count). The molecule has 4 heteroatoms. The Morgan fingerprint density at radius 1 is 1.22 bits per heavy atom. The zero-order valence-corrected chi connectivity index (χ0v) is 15.9. The number of rotatable bonds is 7. The third-order valence-corrected chi connectivity index (χ3v) is 5.47. The van der Waals surface area contributed by atoms with Gasteiger partial charge in [-0.3, -0.25) is 4.79 Å². The highest BCUT2D eigenvalue weighted by atomic mass is 79.9. The Labute approximate surface area is 151 Å². The predicted molar refractivity (Wildman–Crippen MR) is 104 cm³/mol. The van der Waals surface area contributed by atoms with Crippen molar-refractivity contribution < 1.29 is 4.79 Å². The van der Waals surface area contributed by atoms with E-state index in [1.54, 1.807) is 11.8 Å². The van der Waals surface area contributed by atoms with Crippen molar-refractivity contribution >= 4 is 39.3 Å². The summed E-state index contributed by atoms with van der Waals surface area (Å²) in [6.07, 6.45) is 2.15. The summed E-state index contributed by atoms with van der Waals surface area (Å²) in [6, 6.07) is 16.4. The Balaban J connectivity index is 1.74. The van der Waals surface area contributed by atoms with Gasteiger partial charge in [0.1, 0.15) is 0 Å². The second-order valence-corrected chi connectivity index (χ2v) is 7.88. The van der Waals surface area contributed by atoms with Crippen molar-refractivity contribution in [2.24, 2.45) is 0 Å². The van der Waals surface area contributed by atoms with Gasteiger partial charge < -0.3 is 5.32 Å². The van der Waals surface area contributed by atoms with Crippen molar-refractivity contribution in [2.45, 2.75) is 31.9 Å². The fraction of sp³-hybridized carbons (Fsp3) is 0.316. The molecule has 0 spiro atoms. The van der Waals surface area contributed by atoms with Gasteiger partial charge in [-0.1, -0.05) is 36.4 Å². The van der Waals surface area contributed by atoms with Crippen molar-refractivity contribution in [2.75, 3.05) is 11.1 Å². The summed E-state index contributed by atoms with van der Waals surface area (Å²) in [5.41, 5.74) is 3.35. The largest absolute Gasteiger partial charge is 0.324 e. The molecule has 1 unspecified atom stereocenters. The number of aryl methyl sites for hydroxylation is 2. The van der Waals surface area contributed by atoms with Gasteiger partial charge in [-0.05, 0) is 71.6 Å². The maximum absolute atomic E-state index is 12.3. The van der Waals surface area contributed by atoms with Gasteiger partial charge in [-0.2, -0.15) is 0 Å². The average molecular weight is 392 g/mol. The maximum Gasteiger partial charge on any atom is 0.237 e. The number of amides is 1. The van der Waals surface area contributed by atoms with Crippen molar-refractivity contribution in [1.82, 2.24) is 0 Å². The number of hydrogen-bond donors (Lipinski definition) is 1. The average Bonchev–Trinajstić information content (AvgIpc) is 2.55. The topological polar surface area (TPSA) is 29.1 Å². The minimum absolute atomic E-state index is 0.0549. The third-order valence-electron chi connectivity index (χ3n) is 3.57. The van der Waals surface area contributed by atoms with E-state index in [1.807, 2.05) is 38.1 Å². The quantitative estimate of drug-likeness (QED) is 0.635. The third kappa shape index (κ3) is 6.04. The van der Waals surface area contributed by atoms with Gasteiger partial charge in [-0.15, -0.1) is 11.8 Å². The van der Waals surface area contributed by atoms with Crippen LogP contribution in [0.15, 0.2) is 53.0 Å². The first-order valence-corrected chi connectivity index (χ1v) is 9.63. The van der Waals surface area contributed by atoms with Gasteiger partial charge in [0.05, 0.1) is 10.9 Å². The summed E-state index contributed by atoms with van der Waals surface area (Å²) >= 11 is 5.20. The lowest BCUT2D eigenvalue weighted by Gasteiger charge is -2.13. The summed E-state index contributed by atoms with van der Waals surface area (Å²) in [7, 11) is 0. The number of hydrogen-bond acceptors (Lipinski definition) is 2. The molecule has 0 bridgehead atoms. The van der Waals surface area contributed by atoms with Crippen molar-refractivity contribution in [3.63, 3.8) is 0 Å². The van der Waals surface area contributed by atoms with Gasteiger partial charge in [0.2, 0.25) is 5.91 Å². The molecule has 23 heavy (non-hydrogen) atoms. The standard InChI is InChI=1S/C19H22BrNOS/c1-14-10-11-18(17(20)13-14)21-19(22)15(2)23-12-6-9-16-7-4-3-5-8-16/h3-5,7-8,10-11,13,15H,6,9,12H2,1-2H3,(H,21,22). The van der Waals surface area contributed by atoms with Crippen molar-refractivity contribution in [3.05, 3.63) is 64.1 Å². The maximum atomic E-state index is 12.3. The summed E-state index contributed by atoms with van der Waals surface area (Å²) < 4.78 is 0.923. The molecular weight excluding hydrogens is 370 g/mol. The molecule has 1 atom stereocenters. The lowest BCUT2D eigenvalue weighted by atomic mass is 10.1. The smallest absolute Gasteiger partial charge is 0.237 e. The van der Waals surface area contributed by atoms with E-state index < -0.39 is 0 Å². The second-order valence-electron chi connectivity index (χ2n) is 5.57. The fourth-order valence-electron chi connectivity index (χ4n) is 2.21. The number of halogens is 1. The fourth-order valence-corrected chi connectivity index (χ4v) is 3.68. The van der Waals surface area contributed by atoms with Crippen LogP contribution in [-0.4, -0.2) is 16.9 Å². The molecule has 0 saturated heterocycles. The number of nitrogens with one attached hydrogen (secondary N) is 1. The zero-order valence-electron chi connectivity index (χ0n) is 13.5. The van der Waals surface area contributed by atoms with Crippen LogP contribution in [0.2, 0.25) is 0 Å². The first-order valence-electron chi connectivity index (χ1n) is 7.79. The van der Waals surface area contributed by atoms with E-state index in [9.17, 15) is 4.79 Å². The minimum Gasteiger partial charge on any atom is -0.324 e. The van der Waals surface area contributed by atoms with Gasteiger partial charge in [0.15, 0.2) is 0 Å².